The number of alkyl halides is 2. The highest BCUT2D eigenvalue weighted by Gasteiger charge is 2.61. The largest absolute Gasteiger partial charge is 0.382 e. The van der Waals surface area contributed by atoms with Crippen LogP contribution < -0.4 is 5.73 Å². The van der Waals surface area contributed by atoms with Crippen LogP contribution in [0.2, 0.25) is 0 Å². The van der Waals surface area contributed by atoms with E-state index in [1.807, 2.05) is 19.0 Å². The van der Waals surface area contributed by atoms with Crippen LogP contribution in [0.5, 0.6) is 0 Å². The normalized spacial score (nSPS) is 34.2. The van der Waals surface area contributed by atoms with Gasteiger partial charge in [0.05, 0.1) is 5.69 Å². The second kappa shape index (κ2) is 8.18. The number of hydrogen-bond donors (Lipinski definition) is 1. The summed E-state index contributed by atoms with van der Waals surface area (Å²) < 4.78 is 48.9. The molecule has 0 bridgehead atoms. The number of Topliss-reactive ketones (excluding diaryl/α,β-unsaturated/α-hetero) is 1. The fourth-order valence-corrected chi connectivity index (χ4v) is 5.62. The maximum Gasteiger partial charge on any atom is 0.249 e. The van der Waals surface area contributed by atoms with Crippen LogP contribution in [0.1, 0.15) is 44.9 Å². The molecule has 0 aromatic carbocycles. The molecule has 34 heavy (non-hydrogen) atoms. The molecule has 5 rings (SSSR count). The first-order valence-corrected chi connectivity index (χ1v) is 11.6. The summed E-state index contributed by atoms with van der Waals surface area (Å²) in [6.45, 7) is 4.17. The molecule has 2 N–H and O–H groups in total. The first-order chi connectivity index (χ1) is 16.0. The highest BCUT2D eigenvalue weighted by Crippen LogP contribution is 2.50. The van der Waals surface area contributed by atoms with Crippen molar-refractivity contribution in [1.82, 2.24) is 19.5 Å². The third-order valence-corrected chi connectivity index (χ3v) is 7.10. The lowest BCUT2D eigenvalue weighted by molar-refractivity contribution is -0.191. The monoisotopic (exact) mass is 479 g/mol. The Bertz CT molecular complexity index is 1090. The van der Waals surface area contributed by atoms with E-state index in [2.05, 4.69) is 10.1 Å². The van der Waals surface area contributed by atoms with Crippen molar-refractivity contribution in [2.75, 3.05) is 26.4 Å². The van der Waals surface area contributed by atoms with Crippen LogP contribution >= 0.6 is 0 Å². The Balaban J connectivity index is 1.45. The van der Waals surface area contributed by atoms with Gasteiger partial charge in [-0.05, 0) is 59.0 Å². The van der Waals surface area contributed by atoms with Crippen molar-refractivity contribution in [3.63, 3.8) is 0 Å². The summed E-state index contributed by atoms with van der Waals surface area (Å²) in [7, 11) is 3.78. The molecule has 9 nitrogen and oxygen atoms in total. The average molecular weight is 480 g/mol. The number of carbonyl (C=O) groups is 1. The van der Waals surface area contributed by atoms with Crippen molar-refractivity contribution >= 4 is 17.1 Å². The van der Waals surface area contributed by atoms with Gasteiger partial charge in [-0.15, -0.1) is 0 Å². The molecule has 1 aliphatic carbocycles. The SMILES string of the molecule is CN(C)CC[C@@H]1CC(F)(F)CC1C(=O)[C@H]1O[C@@H](c2ccc3c(N)ncnn23)[C@@H]2OC(C)(C)O[C@@H]21. The number of carbonyl (C=O) groups excluding carboxylic acids is 1. The Morgan fingerprint density at radius 3 is 2.71 bits per heavy atom. The Kier molecular flexibility index (Phi) is 5.66. The molecule has 1 unspecified atom stereocenters. The second-order valence-corrected chi connectivity index (χ2v) is 10.4. The predicted molar refractivity (Wildman–Crippen MR) is 118 cm³/mol. The lowest BCUT2D eigenvalue weighted by Crippen LogP contribution is -2.40. The van der Waals surface area contributed by atoms with Crippen molar-refractivity contribution in [3.05, 3.63) is 24.2 Å². The summed E-state index contributed by atoms with van der Waals surface area (Å²) in [5.41, 5.74) is 7.21. The zero-order valence-corrected chi connectivity index (χ0v) is 19.8. The molecule has 2 aliphatic heterocycles. The number of nitrogens with two attached hydrogens (primary N) is 1. The smallest absolute Gasteiger partial charge is 0.249 e. The number of aromatic nitrogens is 3. The van der Waals surface area contributed by atoms with Crippen molar-refractivity contribution in [2.45, 2.75) is 69.2 Å². The summed E-state index contributed by atoms with van der Waals surface area (Å²) >= 11 is 0. The van der Waals surface area contributed by atoms with Crippen LogP contribution in [-0.4, -0.2) is 75.9 Å². The molecule has 2 aromatic heterocycles. The van der Waals surface area contributed by atoms with Gasteiger partial charge >= 0.3 is 0 Å². The summed E-state index contributed by atoms with van der Waals surface area (Å²) in [5, 5.41) is 4.28. The molecule has 2 aromatic rings. The van der Waals surface area contributed by atoms with Gasteiger partial charge < -0.3 is 24.8 Å². The van der Waals surface area contributed by atoms with E-state index in [0.29, 0.717) is 30.0 Å². The standard InChI is InChI=1S/C23H31F2N5O4/c1-22(2)33-19-17(14-5-6-15-21(26)27-11-28-30(14)15)32-18(20(19)34-22)16(31)13-10-23(24,25)9-12(13)7-8-29(3)4/h5-6,11-13,17-20H,7-10H2,1-4H3,(H2,26,27,28)/t12-,13?,17+,18-,19+,20-/m1/s1. The van der Waals surface area contributed by atoms with Crippen molar-refractivity contribution < 1.29 is 27.8 Å². The van der Waals surface area contributed by atoms with Crippen molar-refractivity contribution in [2.24, 2.45) is 11.8 Å². The molecule has 2 saturated heterocycles. The number of ketones is 1. The van der Waals surface area contributed by atoms with Gasteiger partial charge in [0.2, 0.25) is 5.92 Å². The lowest BCUT2D eigenvalue weighted by Gasteiger charge is -2.26. The van der Waals surface area contributed by atoms with E-state index >= 15 is 0 Å². The van der Waals surface area contributed by atoms with Crippen molar-refractivity contribution in [1.29, 1.82) is 0 Å². The first-order valence-electron chi connectivity index (χ1n) is 11.6. The topological polar surface area (TPSA) is 104 Å². The fourth-order valence-electron chi connectivity index (χ4n) is 5.62. The quantitative estimate of drug-likeness (QED) is 0.674. The zero-order valence-electron chi connectivity index (χ0n) is 19.8. The number of halogens is 2. The molecular formula is C23H31F2N5O4. The van der Waals surface area contributed by atoms with Gasteiger partial charge in [-0.2, -0.15) is 5.10 Å². The van der Waals surface area contributed by atoms with Gasteiger partial charge in [0, 0.05) is 18.8 Å². The van der Waals surface area contributed by atoms with Crippen LogP contribution in [0, 0.1) is 11.8 Å². The van der Waals surface area contributed by atoms with Crippen LogP contribution in [0.3, 0.4) is 0 Å². The van der Waals surface area contributed by atoms with E-state index < -0.39 is 54.4 Å². The Hall–Kier alpha value is -2.21. The second-order valence-electron chi connectivity index (χ2n) is 10.4. The van der Waals surface area contributed by atoms with Crippen molar-refractivity contribution in [3.8, 4) is 0 Å². The molecular weight excluding hydrogens is 448 g/mol. The number of nitrogens with zero attached hydrogens (tertiary/aromatic N) is 4. The van der Waals surface area contributed by atoms with E-state index in [0.717, 1.165) is 0 Å². The third kappa shape index (κ3) is 4.08. The number of rotatable bonds is 6. The molecule has 11 heteroatoms. The average Bonchev–Trinajstić information content (AvgIpc) is 3.46. The summed E-state index contributed by atoms with van der Waals surface area (Å²) in [6.07, 6.45) is -1.89. The maximum absolute atomic E-state index is 14.4. The number of fused-ring (bicyclic) bond motifs is 2. The minimum atomic E-state index is -2.87. The number of nitrogen functional groups attached to an aromatic ring is 1. The zero-order chi connectivity index (χ0) is 24.4. The molecule has 6 atom stereocenters. The summed E-state index contributed by atoms with van der Waals surface area (Å²) in [6, 6.07) is 3.57. The van der Waals surface area contributed by atoms with Gasteiger partial charge in [-0.3, -0.25) is 4.79 Å². The van der Waals surface area contributed by atoms with E-state index in [9.17, 15) is 13.6 Å². The molecule has 0 radical (unpaired) electrons. The van der Waals surface area contributed by atoms with Crippen LogP contribution in [0.4, 0.5) is 14.6 Å². The first kappa shape index (κ1) is 23.5. The van der Waals surface area contributed by atoms with E-state index in [1.165, 1.54) is 6.33 Å². The van der Waals surface area contributed by atoms with E-state index in [4.69, 9.17) is 19.9 Å². The molecule has 186 valence electrons. The summed E-state index contributed by atoms with van der Waals surface area (Å²) in [4.78, 5) is 19.7. The lowest BCUT2D eigenvalue weighted by atomic mass is 9.85. The van der Waals surface area contributed by atoms with Gasteiger partial charge in [0.15, 0.2) is 17.4 Å². The number of anilines is 1. The van der Waals surface area contributed by atoms with E-state index in [-0.39, 0.29) is 12.2 Å². The molecule has 0 spiro atoms. The highest BCUT2D eigenvalue weighted by molar-refractivity contribution is 5.87. The molecule has 3 aliphatic rings. The maximum atomic E-state index is 14.4. The highest BCUT2D eigenvalue weighted by atomic mass is 19.3. The third-order valence-electron chi connectivity index (χ3n) is 7.10. The Labute approximate surface area is 196 Å². The predicted octanol–water partition coefficient (Wildman–Crippen LogP) is 2.45. The Morgan fingerprint density at radius 2 is 1.97 bits per heavy atom. The van der Waals surface area contributed by atoms with Gasteiger partial charge in [0.1, 0.15) is 36.3 Å². The number of hydrogen-bond acceptors (Lipinski definition) is 8. The van der Waals surface area contributed by atoms with Gasteiger partial charge in [-0.25, -0.2) is 18.3 Å². The summed E-state index contributed by atoms with van der Waals surface area (Å²) in [5.74, 6) is -5.05. The molecule has 3 fully saturated rings. The fraction of sp³-hybridized carbons (Fsp3) is 0.696. The van der Waals surface area contributed by atoms with Gasteiger partial charge in [0.25, 0.3) is 0 Å². The molecule has 1 saturated carbocycles. The van der Waals surface area contributed by atoms with E-state index in [1.54, 1.807) is 30.5 Å². The van der Waals surface area contributed by atoms with Crippen LogP contribution in [0.25, 0.3) is 5.52 Å². The van der Waals surface area contributed by atoms with Crippen LogP contribution in [0.15, 0.2) is 18.5 Å². The Morgan fingerprint density at radius 1 is 1.24 bits per heavy atom. The van der Waals surface area contributed by atoms with Crippen LogP contribution in [-0.2, 0) is 19.0 Å². The van der Waals surface area contributed by atoms with Gasteiger partial charge in [-0.1, -0.05) is 0 Å². The minimum absolute atomic E-state index is 0.288. The minimum Gasteiger partial charge on any atom is -0.382 e. The molecule has 4 heterocycles. The molecule has 0 amide bonds. The number of ether oxygens (including phenoxy) is 3.